The molecule has 0 rings (SSSR count). The van der Waals surface area contributed by atoms with Crippen LogP contribution in [0.1, 0.15) is 102 Å². The standard InChI is InChI=1S/C29H58N4O3S/c1-22(25(36)32-17-18-33-27(5,6)7)29(10,11)14-13-28(8,9)21-37-19-12-23(34)30-15-16-31-24(35)20-26(2,3)4/h22,33H,12-21H2,1-11H3,(H,30,34)(H,31,35)(H,32,36)/t22-/m1/s1. The van der Waals surface area contributed by atoms with Crippen LogP contribution in [0.5, 0.6) is 0 Å². The van der Waals surface area contributed by atoms with Gasteiger partial charge < -0.3 is 21.3 Å². The molecule has 0 aliphatic rings. The van der Waals surface area contributed by atoms with Crippen molar-refractivity contribution in [2.75, 3.05) is 37.7 Å². The van der Waals surface area contributed by atoms with E-state index in [1.165, 1.54) is 0 Å². The third-order valence-electron chi connectivity index (χ3n) is 6.52. The van der Waals surface area contributed by atoms with Gasteiger partial charge in [0.15, 0.2) is 0 Å². The predicted octanol–water partition coefficient (Wildman–Crippen LogP) is 4.75. The van der Waals surface area contributed by atoms with Crippen LogP contribution in [-0.2, 0) is 14.4 Å². The summed E-state index contributed by atoms with van der Waals surface area (Å²) in [6.45, 7) is 25.7. The molecule has 0 aliphatic carbocycles. The minimum atomic E-state index is -0.0916. The van der Waals surface area contributed by atoms with Gasteiger partial charge in [0.25, 0.3) is 0 Å². The summed E-state index contributed by atoms with van der Waals surface area (Å²) in [7, 11) is 0. The Balaban J connectivity index is 4.19. The smallest absolute Gasteiger partial charge is 0.223 e. The van der Waals surface area contributed by atoms with E-state index in [0.29, 0.717) is 32.5 Å². The summed E-state index contributed by atoms with van der Waals surface area (Å²) in [5, 5.41) is 12.2. The van der Waals surface area contributed by atoms with E-state index in [1.54, 1.807) is 11.8 Å². The molecule has 37 heavy (non-hydrogen) atoms. The van der Waals surface area contributed by atoms with Crippen LogP contribution in [0.4, 0.5) is 0 Å². The Bertz CT molecular complexity index is 709. The summed E-state index contributed by atoms with van der Waals surface area (Å²) in [5.74, 6) is 1.84. The van der Waals surface area contributed by atoms with Gasteiger partial charge in [-0.15, -0.1) is 0 Å². The molecule has 0 spiro atoms. The van der Waals surface area contributed by atoms with Crippen LogP contribution in [-0.4, -0.2) is 60.9 Å². The molecule has 0 bridgehead atoms. The summed E-state index contributed by atoms with van der Waals surface area (Å²) in [5.41, 5.74) is 0.0483. The minimum Gasteiger partial charge on any atom is -0.355 e. The Hall–Kier alpha value is -1.28. The monoisotopic (exact) mass is 542 g/mol. The van der Waals surface area contributed by atoms with Crippen molar-refractivity contribution in [3.63, 3.8) is 0 Å². The number of rotatable bonds is 17. The Labute approximate surface area is 232 Å². The lowest BCUT2D eigenvalue weighted by atomic mass is 9.72. The number of hydrogen-bond donors (Lipinski definition) is 4. The lowest BCUT2D eigenvalue weighted by molar-refractivity contribution is -0.128. The highest BCUT2D eigenvalue weighted by Crippen LogP contribution is 2.38. The fourth-order valence-electron chi connectivity index (χ4n) is 3.63. The van der Waals surface area contributed by atoms with Gasteiger partial charge in [0, 0.05) is 56.2 Å². The second-order valence-corrected chi connectivity index (χ2v) is 15.2. The van der Waals surface area contributed by atoms with Crippen molar-refractivity contribution in [1.29, 1.82) is 0 Å². The Morgan fingerprint density at radius 3 is 1.81 bits per heavy atom. The number of nitrogens with one attached hydrogen (secondary N) is 4. The summed E-state index contributed by atoms with van der Waals surface area (Å²) in [6.07, 6.45) is 2.95. The first-order valence-corrected chi connectivity index (χ1v) is 15.0. The quantitative estimate of drug-likeness (QED) is 0.199. The lowest BCUT2D eigenvalue weighted by Gasteiger charge is -2.35. The van der Waals surface area contributed by atoms with E-state index in [1.807, 2.05) is 27.7 Å². The van der Waals surface area contributed by atoms with E-state index in [0.717, 1.165) is 30.9 Å². The zero-order valence-electron chi connectivity index (χ0n) is 25.8. The number of carbonyl (C=O) groups is 3. The molecule has 0 unspecified atom stereocenters. The predicted molar refractivity (Wildman–Crippen MR) is 159 cm³/mol. The van der Waals surface area contributed by atoms with Gasteiger partial charge in [-0.2, -0.15) is 11.8 Å². The van der Waals surface area contributed by atoms with Crippen molar-refractivity contribution in [3.8, 4) is 0 Å². The molecule has 7 nitrogen and oxygen atoms in total. The molecule has 3 amide bonds. The molecular formula is C29H58N4O3S. The van der Waals surface area contributed by atoms with Crippen LogP contribution < -0.4 is 21.3 Å². The molecule has 4 N–H and O–H groups in total. The molecule has 0 aromatic rings. The molecular weight excluding hydrogens is 484 g/mol. The van der Waals surface area contributed by atoms with Crippen LogP contribution in [0.25, 0.3) is 0 Å². The lowest BCUT2D eigenvalue weighted by Crippen LogP contribution is -2.44. The largest absolute Gasteiger partial charge is 0.355 e. The number of amides is 3. The highest BCUT2D eigenvalue weighted by atomic mass is 32.2. The summed E-state index contributed by atoms with van der Waals surface area (Å²) >= 11 is 1.80. The first-order chi connectivity index (χ1) is 16.7. The molecule has 0 saturated carbocycles. The SMILES string of the molecule is C[C@H](C(=O)NCCNC(C)(C)C)C(C)(C)CCC(C)(C)CSCCC(=O)NCCNC(=O)CC(C)(C)C. The van der Waals surface area contributed by atoms with Gasteiger partial charge in [-0.3, -0.25) is 14.4 Å². The van der Waals surface area contributed by atoms with E-state index < -0.39 is 0 Å². The molecule has 1 atom stereocenters. The van der Waals surface area contributed by atoms with E-state index in [4.69, 9.17) is 0 Å². The molecule has 8 heteroatoms. The van der Waals surface area contributed by atoms with E-state index in [2.05, 4.69) is 69.7 Å². The second kappa shape index (κ2) is 16.0. The fraction of sp³-hybridized carbons (Fsp3) is 0.897. The topological polar surface area (TPSA) is 99.3 Å². The van der Waals surface area contributed by atoms with Gasteiger partial charge >= 0.3 is 0 Å². The van der Waals surface area contributed by atoms with Crippen molar-refractivity contribution in [1.82, 2.24) is 21.3 Å². The first kappa shape index (κ1) is 35.7. The summed E-state index contributed by atoms with van der Waals surface area (Å²) in [6, 6.07) is 0. The molecule has 218 valence electrons. The van der Waals surface area contributed by atoms with Crippen molar-refractivity contribution in [3.05, 3.63) is 0 Å². The maximum absolute atomic E-state index is 12.7. The number of hydrogen-bond acceptors (Lipinski definition) is 5. The summed E-state index contributed by atoms with van der Waals surface area (Å²) < 4.78 is 0. The highest BCUT2D eigenvalue weighted by Gasteiger charge is 2.33. The normalized spacial score (nSPS) is 13.7. The number of thioether (sulfide) groups is 1. The molecule has 0 aromatic heterocycles. The zero-order valence-corrected chi connectivity index (χ0v) is 26.6. The van der Waals surface area contributed by atoms with Gasteiger partial charge in [0.05, 0.1) is 0 Å². The fourth-order valence-corrected chi connectivity index (χ4v) is 4.80. The van der Waals surface area contributed by atoms with E-state index in [-0.39, 0.29) is 45.4 Å². The molecule has 0 aromatic carbocycles. The molecule has 0 heterocycles. The summed E-state index contributed by atoms with van der Waals surface area (Å²) in [4.78, 5) is 36.6. The van der Waals surface area contributed by atoms with E-state index >= 15 is 0 Å². The van der Waals surface area contributed by atoms with Crippen molar-refractivity contribution in [2.45, 2.75) is 107 Å². The van der Waals surface area contributed by atoms with Crippen LogP contribution in [0.2, 0.25) is 0 Å². The Morgan fingerprint density at radius 1 is 0.730 bits per heavy atom. The molecule has 0 radical (unpaired) electrons. The molecule has 0 saturated heterocycles. The van der Waals surface area contributed by atoms with Crippen LogP contribution in [0.15, 0.2) is 0 Å². The third kappa shape index (κ3) is 19.4. The zero-order chi connectivity index (χ0) is 28.9. The Morgan fingerprint density at radius 2 is 1.27 bits per heavy atom. The van der Waals surface area contributed by atoms with Gasteiger partial charge in [-0.25, -0.2) is 0 Å². The highest BCUT2D eigenvalue weighted by molar-refractivity contribution is 7.99. The molecule has 0 fully saturated rings. The van der Waals surface area contributed by atoms with Crippen molar-refractivity contribution < 1.29 is 14.4 Å². The van der Waals surface area contributed by atoms with Gasteiger partial charge in [0.2, 0.25) is 17.7 Å². The molecule has 0 aliphatic heterocycles. The maximum atomic E-state index is 12.7. The van der Waals surface area contributed by atoms with Crippen molar-refractivity contribution >= 4 is 29.5 Å². The number of carbonyl (C=O) groups excluding carboxylic acids is 3. The third-order valence-corrected chi connectivity index (χ3v) is 8.00. The van der Waals surface area contributed by atoms with E-state index in [9.17, 15) is 14.4 Å². The van der Waals surface area contributed by atoms with Gasteiger partial charge in [0.1, 0.15) is 0 Å². The van der Waals surface area contributed by atoms with Crippen LogP contribution >= 0.6 is 11.8 Å². The van der Waals surface area contributed by atoms with Gasteiger partial charge in [-0.1, -0.05) is 55.4 Å². The second-order valence-electron chi connectivity index (χ2n) is 14.1. The minimum absolute atomic E-state index is 0.0196. The van der Waals surface area contributed by atoms with Gasteiger partial charge in [-0.05, 0) is 55.6 Å². The Kier molecular flexibility index (Phi) is 15.4. The van der Waals surface area contributed by atoms with Crippen LogP contribution in [0, 0.1) is 22.2 Å². The average Bonchev–Trinajstić information content (AvgIpc) is 2.73. The maximum Gasteiger partial charge on any atom is 0.223 e. The first-order valence-electron chi connectivity index (χ1n) is 13.9. The van der Waals surface area contributed by atoms with Crippen LogP contribution in [0.3, 0.4) is 0 Å². The van der Waals surface area contributed by atoms with Crippen molar-refractivity contribution in [2.24, 2.45) is 22.2 Å². The average molecular weight is 543 g/mol.